The molecule has 0 atom stereocenters. The Morgan fingerprint density at radius 3 is 2.61 bits per heavy atom. The Morgan fingerprint density at radius 1 is 1.11 bits per heavy atom. The van der Waals surface area contributed by atoms with Crippen molar-refractivity contribution < 1.29 is 23.1 Å². The summed E-state index contributed by atoms with van der Waals surface area (Å²) >= 11 is 0. The van der Waals surface area contributed by atoms with Gasteiger partial charge in [0.05, 0.1) is 19.2 Å². The Morgan fingerprint density at radius 2 is 1.86 bits per heavy atom. The molecular weight excluding hydrogens is 365 g/mol. The van der Waals surface area contributed by atoms with E-state index >= 15 is 0 Å². The molecule has 0 aliphatic carbocycles. The molecule has 7 nitrogen and oxygen atoms in total. The molecule has 0 radical (unpaired) electrons. The summed E-state index contributed by atoms with van der Waals surface area (Å²) in [6.07, 6.45) is 0.452. The number of halogens is 1. The maximum Gasteiger partial charge on any atom is 0.250 e. The molecule has 3 aromatic rings. The highest BCUT2D eigenvalue weighted by molar-refractivity contribution is 5.76. The molecule has 28 heavy (non-hydrogen) atoms. The summed E-state index contributed by atoms with van der Waals surface area (Å²) in [5.41, 5.74) is 0.237. The molecule has 1 amide bonds. The second-order valence-corrected chi connectivity index (χ2v) is 5.85. The Bertz CT molecular complexity index is 912. The summed E-state index contributed by atoms with van der Waals surface area (Å²) in [6.45, 7) is 0.714. The summed E-state index contributed by atoms with van der Waals surface area (Å²) in [5, 5.41) is 10.4. The number of methoxy groups -OCH3 is 1. The third-order valence-corrected chi connectivity index (χ3v) is 3.89. The largest absolute Gasteiger partial charge is 0.497 e. The first kappa shape index (κ1) is 19.3. The third-order valence-electron chi connectivity index (χ3n) is 3.89. The zero-order valence-corrected chi connectivity index (χ0v) is 15.4. The number of aromatic nitrogens is 2. The zero-order valence-electron chi connectivity index (χ0n) is 15.4. The van der Waals surface area contributed by atoms with Gasteiger partial charge in [0.1, 0.15) is 23.9 Å². The number of hydrogen-bond donors (Lipinski definition) is 1. The number of nitrogens with zero attached hydrogens (tertiary/aromatic N) is 2. The summed E-state index contributed by atoms with van der Waals surface area (Å²) in [7, 11) is 1.60. The molecule has 3 rings (SSSR count). The van der Waals surface area contributed by atoms with E-state index in [0.29, 0.717) is 18.9 Å². The minimum absolute atomic E-state index is 0.0985. The van der Waals surface area contributed by atoms with Crippen LogP contribution >= 0.6 is 0 Å². The Balaban J connectivity index is 1.38. The van der Waals surface area contributed by atoms with E-state index in [1.54, 1.807) is 49.6 Å². The molecule has 0 unspecified atom stereocenters. The smallest absolute Gasteiger partial charge is 0.250 e. The van der Waals surface area contributed by atoms with Crippen molar-refractivity contribution in [2.75, 3.05) is 20.3 Å². The quantitative estimate of drug-likeness (QED) is 0.570. The number of hydrogen-bond acceptors (Lipinski definition) is 6. The number of benzene rings is 2. The monoisotopic (exact) mass is 385 g/mol. The molecule has 146 valence electrons. The van der Waals surface area contributed by atoms with Gasteiger partial charge in [-0.3, -0.25) is 4.79 Å². The van der Waals surface area contributed by atoms with E-state index < -0.39 is 5.82 Å². The van der Waals surface area contributed by atoms with Crippen molar-refractivity contribution >= 4 is 5.91 Å². The molecule has 1 aromatic heterocycles. The molecule has 0 aliphatic heterocycles. The average Bonchev–Trinajstić information content (AvgIpc) is 3.19. The van der Waals surface area contributed by atoms with E-state index in [4.69, 9.17) is 13.9 Å². The molecule has 2 aromatic carbocycles. The first-order valence-electron chi connectivity index (χ1n) is 8.76. The molecule has 0 aliphatic rings. The lowest BCUT2D eigenvalue weighted by Gasteiger charge is -2.08. The first-order chi connectivity index (χ1) is 13.7. The molecule has 0 fully saturated rings. The van der Waals surface area contributed by atoms with Crippen molar-refractivity contribution in [1.82, 2.24) is 15.5 Å². The maximum absolute atomic E-state index is 13.7. The Hall–Kier alpha value is -3.42. The van der Waals surface area contributed by atoms with Gasteiger partial charge >= 0.3 is 0 Å². The van der Waals surface area contributed by atoms with Crippen LogP contribution in [0.25, 0.3) is 11.5 Å². The van der Waals surface area contributed by atoms with Crippen molar-refractivity contribution in [3.8, 4) is 23.0 Å². The number of ether oxygens (including phenoxy) is 2. The molecule has 0 saturated carbocycles. The lowest BCUT2D eigenvalue weighted by Crippen LogP contribution is -2.28. The molecule has 1 heterocycles. The summed E-state index contributed by atoms with van der Waals surface area (Å²) in [5.74, 6) is 1.22. The lowest BCUT2D eigenvalue weighted by molar-refractivity contribution is -0.121. The molecule has 8 heteroatoms. The van der Waals surface area contributed by atoms with E-state index in [1.165, 1.54) is 6.07 Å². The second-order valence-electron chi connectivity index (χ2n) is 5.85. The second kappa shape index (κ2) is 9.50. The van der Waals surface area contributed by atoms with Crippen LogP contribution in [0.2, 0.25) is 0 Å². The van der Waals surface area contributed by atoms with Crippen LogP contribution in [-0.4, -0.2) is 36.4 Å². The number of aryl methyl sites for hydroxylation is 1. The van der Waals surface area contributed by atoms with Crippen LogP contribution in [0.15, 0.2) is 52.9 Å². The van der Waals surface area contributed by atoms with Crippen LogP contribution in [0.5, 0.6) is 11.5 Å². The Kier molecular flexibility index (Phi) is 6.56. The fraction of sp³-hybridized carbons (Fsp3) is 0.250. The van der Waals surface area contributed by atoms with Crippen molar-refractivity contribution in [3.63, 3.8) is 0 Å². The number of rotatable bonds is 9. The minimum atomic E-state index is -0.438. The highest BCUT2D eigenvalue weighted by Crippen LogP contribution is 2.21. The van der Waals surface area contributed by atoms with Gasteiger partial charge in [-0.2, -0.15) is 0 Å². The van der Waals surface area contributed by atoms with Gasteiger partial charge in [0.15, 0.2) is 0 Å². The fourth-order valence-corrected chi connectivity index (χ4v) is 2.44. The van der Waals surface area contributed by atoms with Crippen molar-refractivity contribution in [2.24, 2.45) is 0 Å². The highest BCUT2D eigenvalue weighted by Gasteiger charge is 2.13. The maximum atomic E-state index is 13.7. The van der Waals surface area contributed by atoms with Crippen LogP contribution in [0.3, 0.4) is 0 Å². The van der Waals surface area contributed by atoms with Gasteiger partial charge in [-0.05, 0) is 36.4 Å². The van der Waals surface area contributed by atoms with Gasteiger partial charge < -0.3 is 19.2 Å². The van der Waals surface area contributed by atoms with E-state index in [-0.39, 0.29) is 36.1 Å². The topological polar surface area (TPSA) is 86.5 Å². The van der Waals surface area contributed by atoms with Crippen LogP contribution < -0.4 is 14.8 Å². The van der Waals surface area contributed by atoms with Gasteiger partial charge in [-0.1, -0.05) is 12.1 Å². The number of carbonyl (C=O) groups excluding carboxylic acids is 1. The zero-order chi connectivity index (χ0) is 19.8. The standard InChI is InChI=1S/C20H20FN3O4/c1-26-14-6-8-15(9-7-14)27-13-12-22-18(25)10-11-19-23-24-20(28-19)16-4-2-3-5-17(16)21/h2-9H,10-13H2,1H3,(H,22,25). The lowest BCUT2D eigenvalue weighted by atomic mass is 10.2. The SMILES string of the molecule is COc1ccc(OCCNC(=O)CCc2nnc(-c3ccccc3F)o2)cc1. The molecular formula is C20H20FN3O4. The molecule has 0 bridgehead atoms. The van der Waals surface area contributed by atoms with Gasteiger partial charge in [-0.25, -0.2) is 4.39 Å². The summed E-state index contributed by atoms with van der Waals surface area (Å²) < 4.78 is 29.8. The van der Waals surface area contributed by atoms with Crippen LogP contribution in [0.1, 0.15) is 12.3 Å². The van der Waals surface area contributed by atoms with Crippen molar-refractivity contribution in [1.29, 1.82) is 0 Å². The number of carbonyl (C=O) groups is 1. The van der Waals surface area contributed by atoms with Crippen molar-refractivity contribution in [2.45, 2.75) is 12.8 Å². The van der Waals surface area contributed by atoms with E-state index in [0.717, 1.165) is 5.75 Å². The summed E-state index contributed by atoms with van der Waals surface area (Å²) in [6, 6.07) is 13.3. The summed E-state index contributed by atoms with van der Waals surface area (Å²) in [4.78, 5) is 11.9. The number of amides is 1. The van der Waals surface area contributed by atoms with Crippen molar-refractivity contribution in [3.05, 3.63) is 60.2 Å². The van der Waals surface area contributed by atoms with E-state index in [9.17, 15) is 9.18 Å². The normalized spacial score (nSPS) is 10.5. The molecule has 1 N–H and O–H groups in total. The van der Waals surface area contributed by atoms with Gasteiger partial charge in [0.25, 0.3) is 5.89 Å². The Labute approximate surface area is 161 Å². The van der Waals surface area contributed by atoms with E-state index in [2.05, 4.69) is 15.5 Å². The highest BCUT2D eigenvalue weighted by atomic mass is 19.1. The minimum Gasteiger partial charge on any atom is -0.497 e. The van der Waals surface area contributed by atoms with Gasteiger partial charge in [0, 0.05) is 12.8 Å². The van der Waals surface area contributed by atoms with Crippen LogP contribution in [0, 0.1) is 5.82 Å². The predicted octanol–water partition coefficient (Wildman–Crippen LogP) is 3.01. The third kappa shape index (κ3) is 5.29. The fourth-order valence-electron chi connectivity index (χ4n) is 2.44. The molecule has 0 spiro atoms. The van der Waals surface area contributed by atoms with Crippen LogP contribution in [-0.2, 0) is 11.2 Å². The first-order valence-corrected chi connectivity index (χ1v) is 8.76. The van der Waals surface area contributed by atoms with Gasteiger partial charge in [-0.15, -0.1) is 10.2 Å². The van der Waals surface area contributed by atoms with Crippen LogP contribution in [0.4, 0.5) is 4.39 Å². The number of nitrogens with one attached hydrogen (secondary N) is 1. The molecule has 0 saturated heterocycles. The van der Waals surface area contributed by atoms with Gasteiger partial charge in [0.2, 0.25) is 11.8 Å². The van der Waals surface area contributed by atoms with E-state index in [1.807, 2.05) is 0 Å². The average molecular weight is 385 g/mol. The predicted molar refractivity (Wildman–Crippen MR) is 99.5 cm³/mol.